The van der Waals surface area contributed by atoms with Crippen molar-refractivity contribution in [2.24, 2.45) is 0 Å². The number of nitrogens with zero attached hydrogens (tertiary/aromatic N) is 2. The van der Waals surface area contributed by atoms with Crippen LogP contribution in [0.25, 0.3) is 0 Å². The van der Waals surface area contributed by atoms with E-state index in [0.717, 1.165) is 27.1 Å². The zero-order valence-electron chi connectivity index (χ0n) is 17.9. The molecule has 2 aromatic heterocycles. The van der Waals surface area contributed by atoms with E-state index >= 15 is 0 Å². The fraction of sp³-hybridized carbons (Fsp3) is 0.154. The summed E-state index contributed by atoms with van der Waals surface area (Å²) in [6.07, 6.45) is 1.81. The van der Waals surface area contributed by atoms with Crippen LogP contribution < -0.4 is 10.2 Å². The van der Waals surface area contributed by atoms with E-state index < -0.39 is 0 Å². The Morgan fingerprint density at radius 2 is 1.75 bits per heavy atom. The highest BCUT2D eigenvalue weighted by atomic mass is 32.2. The molecular formula is C26H23N3OS2. The molecule has 160 valence electrons. The van der Waals surface area contributed by atoms with Gasteiger partial charge in [0, 0.05) is 16.8 Å². The number of benzene rings is 2. The molecule has 1 aliphatic rings. The van der Waals surface area contributed by atoms with E-state index in [1.807, 2.05) is 48.7 Å². The third-order valence-electron chi connectivity index (χ3n) is 5.72. The first kappa shape index (κ1) is 20.8. The van der Waals surface area contributed by atoms with E-state index in [4.69, 9.17) is 16.6 Å². The molecule has 2 aromatic carbocycles. The number of aryl methyl sites for hydroxylation is 2. The van der Waals surface area contributed by atoms with Crippen LogP contribution in [0.3, 0.4) is 0 Å². The quantitative estimate of drug-likeness (QED) is 0.340. The minimum atomic E-state index is -0.148. The number of furan rings is 1. The SMILES string of the molecule is Cc1ccc(N2C(=S)N[C@@H](c3ccccn3)[C@H]2c2ccc(Sc3ccccc3)o2)cc1C. The van der Waals surface area contributed by atoms with E-state index in [1.54, 1.807) is 11.8 Å². The number of nitrogens with one attached hydrogen (secondary N) is 1. The van der Waals surface area contributed by atoms with Crippen molar-refractivity contribution in [3.05, 3.63) is 108 Å². The Balaban J connectivity index is 1.55. The molecule has 6 heteroatoms. The van der Waals surface area contributed by atoms with Gasteiger partial charge in [-0.25, -0.2) is 0 Å². The van der Waals surface area contributed by atoms with Crippen LogP contribution in [0.15, 0.2) is 99.5 Å². The fourth-order valence-corrected chi connectivity index (χ4v) is 5.10. The van der Waals surface area contributed by atoms with Crippen molar-refractivity contribution in [3.63, 3.8) is 0 Å². The molecule has 0 aliphatic carbocycles. The topological polar surface area (TPSA) is 41.3 Å². The van der Waals surface area contributed by atoms with Crippen molar-refractivity contribution in [2.75, 3.05) is 4.90 Å². The predicted octanol–water partition coefficient (Wildman–Crippen LogP) is 6.62. The van der Waals surface area contributed by atoms with Crippen molar-refractivity contribution in [1.82, 2.24) is 10.3 Å². The molecule has 0 unspecified atom stereocenters. The summed E-state index contributed by atoms with van der Waals surface area (Å²) in [7, 11) is 0. The van der Waals surface area contributed by atoms with Crippen LogP contribution in [0.5, 0.6) is 0 Å². The van der Waals surface area contributed by atoms with Crippen LogP contribution >= 0.6 is 24.0 Å². The molecule has 1 N–H and O–H groups in total. The van der Waals surface area contributed by atoms with Crippen LogP contribution in [-0.2, 0) is 0 Å². The van der Waals surface area contributed by atoms with Gasteiger partial charge in [-0.15, -0.1) is 0 Å². The first-order valence-electron chi connectivity index (χ1n) is 10.5. The maximum absolute atomic E-state index is 6.37. The van der Waals surface area contributed by atoms with Crippen LogP contribution in [0.2, 0.25) is 0 Å². The van der Waals surface area contributed by atoms with Gasteiger partial charge in [-0.1, -0.05) is 42.1 Å². The number of hydrogen-bond donors (Lipinski definition) is 1. The molecule has 32 heavy (non-hydrogen) atoms. The highest BCUT2D eigenvalue weighted by Crippen LogP contribution is 2.43. The Hall–Kier alpha value is -3.09. The van der Waals surface area contributed by atoms with Gasteiger partial charge in [0.2, 0.25) is 0 Å². The lowest BCUT2D eigenvalue weighted by Gasteiger charge is -2.26. The van der Waals surface area contributed by atoms with Gasteiger partial charge >= 0.3 is 0 Å². The van der Waals surface area contributed by atoms with E-state index in [-0.39, 0.29) is 12.1 Å². The monoisotopic (exact) mass is 457 g/mol. The van der Waals surface area contributed by atoms with Gasteiger partial charge in [0.1, 0.15) is 11.8 Å². The van der Waals surface area contributed by atoms with Gasteiger partial charge in [-0.05, 0) is 85.7 Å². The van der Waals surface area contributed by atoms with Gasteiger partial charge in [-0.2, -0.15) is 0 Å². The lowest BCUT2D eigenvalue weighted by molar-refractivity contribution is 0.383. The van der Waals surface area contributed by atoms with Gasteiger partial charge < -0.3 is 14.6 Å². The lowest BCUT2D eigenvalue weighted by Crippen LogP contribution is -2.29. The molecule has 1 aliphatic heterocycles. The van der Waals surface area contributed by atoms with E-state index in [9.17, 15) is 0 Å². The molecule has 1 fully saturated rings. The summed E-state index contributed by atoms with van der Waals surface area (Å²) in [5.74, 6) is 0.852. The second-order valence-electron chi connectivity index (χ2n) is 7.84. The average Bonchev–Trinajstić information content (AvgIpc) is 3.41. The van der Waals surface area contributed by atoms with Gasteiger partial charge in [0.05, 0.1) is 11.7 Å². The molecule has 1 saturated heterocycles. The number of anilines is 1. The Kier molecular flexibility index (Phi) is 5.72. The molecule has 4 nitrogen and oxygen atoms in total. The molecule has 0 saturated carbocycles. The maximum Gasteiger partial charge on any atom is 0.174 e. The number of rotatable bonds is 5. The Morgan fingerprint density at radius 3 is 2.50 bits per heavy atom. The summed E-state index contributed by atoms with van der Waals surface area (Å²) >= 11 is 7.42. The van der Waals surface area contributed by atoms with Crippen molar-refractivity contribution in [2.45, 2.75) is 35.9 Å². The zero-order valence-corrected chi connectivity index (χ0v) is 19.5. The first-order valence-corrected chi connectivity index (χ1v) is 11.7. The smallest absolute Gasteiger partial charge is 0.174 e. The molecule has 0 spiro atoms. The van der Waals surface area contributed by atoms with Crippen molar-refractivity contribution in [3.8, 4) is 0 Å². The van der Waals surface area contributed by atoms with E-state index in [0.29, 0.717) is 5.11 Å². The first-order chi connectivity index (χ1) is 15.6. The van der Waals surface area contributed by atoms with E-state index in [2.05, 4.69) is 65.4 Å². The highest BCUT2D eigenvalue weighted by molar-refractivity contribution is 7.99. The second-order valence-corrected chi connectivity index (χ2v) is 9.30. The summed E-state index contributed by atoms with van der Waals surface area (Å²) < 4.78 is 6.37. The van der Waals surface area contributed by atoms with Crippen LogP contribution in [0.4, 0.5) is 5.69 Å². The lowest BCUT2D eigenvalue weighted by atomic mass is 10.0. The van der Waals surface area contributed by atoms with Crippen molar-refractivity contribution in [1.29, 1.82) is 0 Å². The largest absolute Gasteiger partial charge is 0.452 e. The molecule has 0 radical (unpaired) electrons. The molecule has 0 bridgehead atoms. The minimum absolute atomic E-state index is 0.119. The van der Waals surface area contributed by atoms with Gasteiger partial charge in [-0.3, -0.25) is 4.98 Å². The number of thiocarbonyl (C=S) groups is 1. The highest BCUT2D eigenvalue weighted by Gasteiger charge is 2.42. The predicted molar refractivity (Wildman–Crippen MR) is 133 cm³/mol. The summed E-state index contributed by atoms with van der Waals surface area (Å²) in [5.41, 5.74) is 4.46. The zero-order chi connectivity index (χ0) is 22.1. The molecule has 2 atom stereocenters. The number of hydrogen-bond acceptors (Lipinski definition) is 4. The second kappa shape index (κ2) is 8.81. The molecular weight excluding hydrogens is 434 g/mol. The fourth-order valence-electron chi connectivity index (χ4n) is 3.95. The third kappa shape index (κ3) is 4.04. The van der Waals surface area contributed by atoms with E-state index in [1.165, 1.54) is 11.1 Å². The van der Waals surface area contributed by atoms with Crippen LogP contribution in [-0.4, -0.2) is 10.1 Å². The van der Waals surface area contributed by atoms with Crippen LogP contribution in [0.1, 0.15) is 34.7 Å². The molecule has 4 aromatic rings. The molecule has 0 amide bonds. The van der Waals surface area contributed by atoms with Crippen LogP contribution in [0, 0.1) is 13.8 Å². The summed E-state index contributed by atoms with van der Waals surface area (Å²) in [5, 5.41) is 5.01. The maximum atomic E-state index is 6.37. The molecule has 5 rings (SSSR count). The summed E-state index contributed by atoms with van der Waals surface area (Å²) in [6.45, 7) is 4.24. The van der Waals surface area contributed by atoms with Gasteiger partial charge in [0.25, 0.3) is 0 Å². The number of aromatic nitrogens is 1. The third-order valence-corrected chi connectivity index (χ3v) is 6.97. The van der Waals surface area contributed by atoms with Crippen molar-refractivity contribution < 1.29 is 4.42 Å². The number of pyridine rings is 1. The Labute approximate surface area is 197 Å². The minimum Gasteiger partial charge on any atom is -0.452 e. The normalized spacial score (nSPS) is 18.1. The average molecular weight is 458 g/mol. The molecule has 3 heterocycles. The summed E-state index contributed by atoms with van der Waals surface area (Å²) in [6, 6.07) is 26.4. The summed E-state index contributed by atoms with van der Waals surface area (Å²) in [4.78, 5) is 7.90. The van der Waals surface area contributed by atoms with Crippen molar-refractivity contribution >= 4 is 34.8 Å². The Morgan fingerprint density at radius 1 is 0.938 bits per heavy atom. The standard InChI is InChI=1S/C26H23N3OS2/c1-17-11-12-19(16-18(17)2)29-25(24(28-26(29)31)21-10-6-7-15-27-21)22-13-14-23(30-22)32-20-8-4-3-5-9-20/h3-16,24-25H,1-2H3,(H,28,31)/t24-,25+/m0/s1. The van der Waals surface area contributed by atoms with Gasteiger partial charge in [0.15, 0.2) is 10.2 Å². The Bertz CT molecular complexity index is 1240.